The second-order valence-corrected chi connectivity index (χ2v) is 3.75. The Morgan fingerprint density at radius 3 is 2.61 bits per heavy atom. The summed E-state index contributed by atoms with van der Waals surface area (Å²) in [6.45, 7) is 2.00. The minimum atomic E-state index is -0.244. The summed E-state index contributed by atoms with van der Waals surface area (Å²) in [5.74, 6) is 0.442. The average molecular weight is 243 g/mol. The maximum atomic E-state index is 12.8. The molecule has 0 unspecified atom stereocenters. The Morgan fingerprint density at radius 1 is 1.22 bits per heavy atom. The zero-order valence-electron chi connectivity index (χ0n) is 10.1. The molecule has 1 heterocycles. The third-order valence-electron chi connectivity index (χ3n) is 2.48. The number of benzene rings is 1. The SMILES string of the molecule is CC/C(=N\Nc1ccccn1)c1ccc(F)cc1. The molecule has 0 aliphatic carbocycles. The van der Waals surface area contributed by atoms with Crippen LogP contribution in [-0.2, 0) is 0 Å². The molecule has 0 saturated carbocycles. The predicted molar refractivity (Wildman–Crippen MR) is 71.1 cm³/mol. The van der Waals surface area contributed by atoms with Crippen LogP contribution in [0, 0.1) is 5.82 Å². The second-order valence-electron chi connectivity index (χ2n) is 3.75. The number of hydrazone groups is 1. The fourth-order valence-corrected chi connectivity index (χ4v) is 1.54. The third-order valence-corrected chi connectivity index (χ3v) is 2.48. The monoisotopic (exact) mass is 243 g/mol. The summed E-state index contributed by atoms with van der Waals surface area (Å²) >= 11 is 0. The highest BCUT2D eigenvalue weighted by atomic mass is 19.1. The molecule has 3 nitrogen and oxygen atoms in total. The zero-order valence-corrected chi connectivity index (χ0v) is 10.1. The first-order valence-corrected chi connectivity index (χ1v) is 5.79. The first-order valence-electron chi connectivity index (χ1n) is 5.79. The number of nitrogens with one attached hydrogen (secondary N) is 1. The first kappa shape index (κ1) is 12.2. The van der Waals surface area contributed by atoms with Crippen molar-refractivity contribution in [3.05, 3.63) is 60.0 Å². The molecule has 0 amide bonds. The number of hydrogen-bond donors (Lipinski definition) is 1. The Morgan fingerprint density at radius 2 is 2.00 bits per heavy atom. The number of nitrogens with zero attached hydrogens (tertiary/aromatic N) is 2. The van der Waals surface area contributed by atoms with E-state index in [1.54, 1.807) is 18.3 Å². The highest BCUT2D eigenvalue weighted by Crippen LogP contribution is 2.08. The van der Waals surface area contributed by atoms with Gasteiger partial charge in [-0.05, 0) is 36.2 Å². The van der Waals surface area contributed by atoms with Crippen LogP contribution in [0.25, 0.3) is 0 Å². The average Bonchev–Trinajstić information content (AvgIpc) is 2.42. The van der Waals surface area contributed by atoms with E-state index in [9.17, 15) is 4.39 Å². The van der Waals surface area contributed by atoms with Gasteiger partial charge in [-0.1, -0.05) is 25.1 Å². The molecule has 2 rings (SSSR count). The van der Waals surface area contributed by atoms with E-state index < -0.39 is 0 Å². The lowest BCUT2D eigenvalue weighted by molar-refractivity contribution is 0.627. The molecule has 0 fully saturated rings. The van der Waals surface area contributed by atoms with Crippen molar-refractivity contribution in [1.29, 1.82) is 0 Å². The van der Waals surface area contributed by atoms with Crippen LogP contribution in [0.5, 0.6) is 0 Å². The number of anilines is 1. The van der Waals surface area contributed by atoms with Gasteiger partial charge < -0.3 is 0 Å². The van der Waals surface area contributed by atoms with Crippen molar-refractivity contribution in [3.8, 4) is 0 Å². The minimum absolute atomic E-state index is 0.244. The van der Waals surface area contributed by atoms with E-state index in [-0.39, 0.29) is 5.82 Å². The fourth-order valence-electron chi connectivity index (χ4n) is 1.54. The largest absolute Gasteiger partial charge is 0.261 e. The molecule has 18 heavy (non-hydrogen) atoms. The van der Waals surface area contributed by atoms with E-state index in [4.69, 9.17) is 0 Å². The Labute approximate surface area is 105 Å². The van der Waals surface area contributed by atoms with Gasteiger partial charge in [-0.25, -0.2) is 9.37 Å². The Kier molecular flexibility index (Phi) is 4.02. The molecule has 1 N–H and O–H groups in total. The lowest BCUT2D eigenvalue weighted by Gasteiger charge is -2.05. The normalized spacial score (nSPS) is 11.3. The summed E-state index contributed by atoms with van der Waals surface area (Å²) in [5.41, 5.74) is 4.66. The van der Waals surface area contributed by atoms with Gasteiger partial charge in [0.25, 0.3) is 0 Å². The molecule has 0 saturated heterocycles. The van der Waals surface area contributed by atoms with Crippen molar-refractivity contribution in [2.75, 3.05) is 5.43 Å². The fraction of sp³-hybridized carbons (Fsp3) is 0.143. The molecular weight excluding hydrogens is 229 g/mol. The summed E-state index contributed by atoms with van der Waals surface area (Å²) in [6.07, 6.45) is 2.45. The van der Waals surface area contributed by atoms with Crippen molar-refractivity contribution in [2.24, 2.45) is 5.10 Å². The van der Waals surface area contributed by atoms with Gasteiger partial charge in [0.2, 0.25) is 0 Å². The molecule has 0 spiro atoms. The van der Waals surface area contributed by atoms with Crippen molar-refractivity contribution in [2.45, 2.75) is 13.3 Å². The second kappa shape index (κ2) is 5.91. The summed E-state index contributed by atoms with van der Waals surface area (Å²) in [6, 6.07) is 11.9. The molecule has 4 heteroatoms. The molecule has 1 aromatic carbocycles. The van der Waals surface area contributed by atoms with Crippen LogP contribution in [0.2, 0.25) is 0 Å². The molecule has 0 aliphatic rings. The molecule has 0 aliphatic heterocycles. The highest BCUT2D eigenvalue weighted by molar-refractivity contribution is 6.00. The van der Waals surface area contributed by atoms with Gasteiger partial charge in [0, 0.05) is 6.20 Å². The van der Waals surface area contributed by atoms with Gasteiger partial charge in [0.05, 0.1) is 5.71 Å². The quantitative estimate of drug-likeness (QED) is 0.659. The summed E-state index contributed by atoms with van der Waals surface area (Å²) in [5, 5.41) is 4.29. The van der Waals surface area contributed by atoms with Gasteiger partial charge in [0.15, 0.2) is 0 Å². The van der Waals surface area contributed by atoms with Gasteiger partial charge in [-0.15, -0.1) is 0 Å². The molecule has 0 atom stereocenters. The lowest BCUT2D eigenvalue weighted by atomic mass is 10.1. The number of rotatable bonds is 4. The number of hydrogen-bond acceptors (Lipinski definition) is 3. The Balaban J connectivity index is 2.16. The van der Waals surface area contributed by atoms with E-state index in [0.717, 1.165) is 17.7 Å². The van der Waals surface area contributed by atoms with Crippen LogP contribution in [-0.4, -0.2) is 10.7 Å². The number of pyridine rings is 1. The van der Waals surface area contributed by atoms with E-state index in [1.807, 2.05) is 25.1 Å². The van der Waals surface area contributed by atoms with E-state index >= 15 is 0 Å². The number of halogens is 1. The maximum Gasteiger partial charge on any atom is 0.146 e. The highest BCUT2D eigenvalue weighted by Gasteiger charge is 2.01. The van der Waals surface area contributed by atoms with Crippen LogP contribution in [0.15, 0.2) is 53.8 Å². The topological polar surface area (TPSA) is 37.3 Å². The van der Waals surface area contributed by atoms with Crippen LogP contribution < -0.4 is 5.43 Å². The summed E-state index contributed by atoms with van der Waals surface area (Å²) in [7, 11) is 0. The molecule has 0 radical (unpaired) electrons. The van der Waals surface area contributed by atoms with Crippen LogP contribution >= 0.6 is 0 Å². The Hall–Kier alpha value is -2.23. The molecule has 92 valence electrons. The van der Waals surface area contributed by atoms with E-state index in [0.29, 0.717) is 5.82 Å². The van der Waals surface area contributed by atoms with Crippen LogP contribution in [0.3, 0.4) is 0 Å². The van der Waals surface area contributed by atoms with E-state index in [1.165, 1.54) is 12.1 Å². The van der Waals surface area contributed by atoms with Crippen LogP contribution in [0.1, 0.15) is 18.9 Å². The molecule has 1 aromatic heterocycles. The van der Waals surface area contributed by atoms with Gasteiger partial charge >= 0.3 is 0 Å². The van der Waals surface area contributed by atoms with Gasteiger partial charge in [-0.2, -0.15) is 5.10 Å². The van der Waals surface area contributed by atoms with Crippen molar-refractivity contribution < 1.29 is 4.39 Å². The van der Waals surface area contributed by atoms with Gasteiger partial charge in [0.1, 0.15) is 11.6 Å². The molecule has 0 bridgehead atoms. The predicted octanol–water partition coefficient (Wildman–Crippen LogP) is 3.45. The van der Waals surface area contributed by atoms with Crippen molar-refractivity contribution in [1.82, 2.24) is 4.98 Å². The standard InChI is InChI=1S/C14H14FN3/c1-2-13(11-6-8-12(15)9-7-11)17-18-14-5-3-4-10-16-14/h3-10H,2H2,1H3,(H,16,18)/b17-13+. The maximum absolute atomic E-state index is 12.8. The summed E-state index contributed by atoms with van der Waals surface area (Å²) in [4.78, 5) is 4.11. The molecule has 2 aromatic rings. The third kappa shape index (κ3) is 3.13. The smallest absolute Gasteiger partial charge is 0.146 e. The van der Waals surface area contributed by atoms with Crippen molar-refractivity contribution >= 4 is 11.5 Å². The van der Waals surface area contributed by atoms with Gasteiger partial charge in [-0.3, -0.25) is 5.43 Å². The van der Waals surface area contributed by atoms with E-state index in [2.05, 4.69) is 15.5 Å². The zero-order chi connectivity index (χ0) is 12.8. The lowest BCUT2D eigenvalue weighted by Crippen LogP contribution is -2.03. The minimum Gasteiger partial charge on any atom is -0.261 e. The van der Waals surface area contributed by atoms with Crippen molar-refractivity contribution in [3.63, 3.8) is 0 Å². The summed E-state index contributed by atoms with van der Waals surface area (Å²) < 4.78 is 12.8. The van der Waals surface area contributed by atoms with Crippen LogP contribution in [0.4, 0.5) is 10.2 Å². The Bertz CT molecular complexity index is 520. The first-order chi connectivity index (χ1) is 8.79. The molecular formula is C14H14FN3. The number of aromatic nitrogens is 1.